The van der Waals surface area contributed by atoms with Gasteiger partial charge in [0.05, 0.1) is 23.0 Å². The molecule has 1 aliphatic carbocycles. The van der Waals surface area contributed by atoms with E-state index in [9.17, 15) is 9.59 Å². The van der Waals surface area contributed by atoms with Crippen LogP contribution in [0.3, 0.4) is 0 Å². The lowest BCUT2D eigenvalue weighted by Gasteiger charge is -2.52. The van der Waals surface area contributed by atoms with Crippen molar-refractivity contribution in [1.29, 1.82) is 0 Å². The molecule has 0 bridgehead atoms. The molecule has 1 spiro atoms. The minimum Gasteiger partial charge on any atom is -0.334 e. The van der Waals surface area contributed by atoms with Gasteiger partial charge in [0.1, 0.15) is 0 Å². The summed E-state index contributed by atoms with van der Waals surface area (Å²) in [6, 6.07) is 10.00. The van der Waals surface area contributed by atoms with Crippen LogP contribution in [0.4, 0.5) is 0 Å². The number of hydrogen-bond acceptors (Lipinski definition) is 3. The third-order valence-corrected chi connectivity index (χ3v) is 6.52. The minimum absolute atomic E-state index is 0.0247. The number of benzene rings is 1. The summed E-state index contributed by atoms with van der Waals surface area (Å²) in [4.78, 5) is 29.9. The Morgan fingerprint density at radius 2 is 1.79 bits per heavy atom. The molecule has 2 aliphatic rings. The van der Waals surface area contributed by atoms with Gasteiger partial charge in [-0.15, -0.1) is 0 Å². The first kappa shape index (κ1) is 19.7. The molecule has 0 radical (unpaired) electrons. The number of aromatic nitrogens is 2. The molecule has 29 heavy (non-hydrogen) atoms. The quantitative estimate of drug-likeness (QED) is 0.800. The topological polar surface area (TPSA) is 58.4 Å². The minimum atomic E-state index is -0.203. The highest BCUT2D eigenvalue weighted by Crippen LogP contribution is 2.37. The number of aryl methyl sites for hydroxylation is 1. The molecule has 0 unspecified atom stereocenters. The third kappa shape index (κ3) is 3.56. The van der Waals surface area contributed by atoms with Crippen molar-refractivity contribution in [3.05, 3.63) is 42.1 Å². The molecule has 1 aromatic heterocycles. The molecule has 6 nitrogen and oxygen atoms in total. The van der Waals surface area contributed by atoms with E-state index in [1.165, 1.54) is 6.42 Å². The summed E-state index contributed by atoms with van der Waals surface area (Å²) in [5.74, 6) is 0.152. The Balaban J connectivity index is 1.66. The van der Waals surface area contributed by atoms with Gasteiger partial charge in [-0.05, 0) is 19.8 Å². The average Bonchev–Trinajstić information content (AvgIpc) is 3.18. The van der Waals surface area contributed by atoms with Crippen molar-refractivity contribution in [2.45, 2.75) is 58.0 Å². The van der Waals surface area contributed by atoms with Crippen LogP contribution in [-0.2, 0) is 11.3 Å². The lowest BCUT2D eigenvalue weighted by molar-refractivity contribution is -0.141. The number of piperazine rings is 1. The van der Waals surface area contributed by atoms with Gasteiger partial charge in [-0.25, -0.2) is 0 Å². The summed E-state index contributed by atoms with van der Waals surface area (Å²) in [6.07, 6.45) is 7.12. The molecule has 0 N–H and O–H groups in total. The maximum absolute atomic E-state index is 13.6. The average molecular weight is 395 g/mol. The molecular weight excluding hydrogens is 364 g/mol. The van der Waals surface area contributed by atoms with Gasteiger partial charge in [-0.2, -0.15) is 5.10 Å². The smallest absolute Gasteiger partial charge is 0.257 e. The van der Waals surface area contributed by atoms with Gasteiger partial charge >= 0.3 is 0 Å². The van der Waals surface area contributed by atoms with Gasteiger partial charge in [0.15, 0.2) is 0 Å². The Labute approximate surface area is 172 Å². The summed E-state index contributed by atoms with van der Waals surface area (Å²) < 4.78 is 1.89. The summed E-state index contributed by atoms with van der Waals surface area (Å²) >= 11 is 0. The summed E-state index contributed by atoms with van der Waals surface area (Å²) in [5.41, 5.74) is 2.33. The van der Waals surface area contributed by atoms with Crippen LogP contribution in [0.2, 0.25) is 0 Å². The molecule has 6 heteroatoms. The van der Waals surface area contributed by atoms with Crippen molar-refractivity contribution in [2.75, 3.05) is 19.6 Å². The summed E-state index contributed by atoms with van der Waals surface area (Å²) in [6.45, 7) is 6.22. The summed E-state index contributed by atoms with van der Waals surface area (Å²) in [5, 5.41) is 4.48. The first-order valence-corrected chi connectivity index (χ1v) is 10.7. The van der Waals surface area contributed by atoms with E-state index in [1.807, 2.05) is 51.7 Å². The van der Waals surface area contributed by atoms with E-state index < -0.39 is 0 Å². The normalized spacial score (nSPS) is 18.8. The van der Waals surface area contributed by atoms with E-state index >= 15 is 0 Å². The molecule has 2 heterocycles. The highest BCUT2D eigenvalue weighted by atomic mass is 16.2. The number of carbonyl (C=O) groups excluding carboxylic acids is 2. The zero-order chi connectivity index (χ0) is 20.4. The molecule has 2 aromatic rings. The van der Waals surface area contributed by atoms with Crippen LogP contribution in [0.25, 0.3) is 11.3 Å². The monoisotopic (exact) mass is 394 g/mol. The highest BCUT2D eigenvalue weighted by molar-refractivity contribution is 6.00. The van der Waals surface area contributed by atoms with Gasteiger partial charge in [0, 0.05) is 38.7 Å². The Kier molecular flexibility index (Phi) is 5.43. The second-order valence-corrected chi connectivity index (χ2v) is 8.27. The van der Waals surface area contributed by atoms with Gasteiger partial charge in [0.2, 0.25) is 5.91 Å². The highest BCUT2D eigenvalue weighted by Gasteiger charge is 2.45. The van der Waals surface area contributed by atoms with Gasteiger partial charge in [-0.3, -0.25) is 14.3 Å². The van der Waals surface area contributed by atoms with E-state index in [0.717, 1.165) is 36.9 Å². The van der Waals surface area contributed by atoms with Crippen LogP contribution in [0.15, 0.2) is 36.5 Å². The Morgan fingerprint density at radius 1 is 1.07 bits per heavy atom. The van der Waals surface area contributed by atoms with Crippen molar-refractivity contribution >= 4 is 11.8 Å². The van der Waals surface area contributed by atoms with E-state index in [2.05, 4.69) is 5.10 Å². The van der Waals surface area contributed by atoms with Gasteiger partial charge < -0.3 is 9.80 Å². The van der Waals surface area contributed by atoms with Crippen LogP contribution >= 0.6 is 0 Å². The molecule has 1 saturated carbocycles. The zero-order valence-electron chi connectivity index (χ0n) is 17.4. The largest absolute Gasteiger partial charge is 0.334 e. The van der Waals surface area contributed by atoms with Crippen LogP contribution in [-0.4, -0.2) is 56.6 Å². The van der Waals surface area contributed by atoms with E-state index in [0.29, 0.717) is 31.7 Å². The Hall–Kier alpha value is -2.63. The molecule has 1 aromatic carbocycles. The number of hydrogen-bond donors (Lipinski definition) is 0. The van der Waals surface area contributed by atoms with Crippen molar-refractivity contribution in [3.8, 4) is 11.3 Å². The molecule has 1 saturated heterocycles. The second-order valence-electron chi connectivity index (χ2n) is 8.27. The maximum Gasteiger partial charge on any atom is 0.257 e. The SMILES string of the molecule is CCn1ncc(C(=O)N2CCN(C(C)=O)C3(CCCCC3)C2)c1-c1ccccc1. The Morgan fingerprint density at radius 3 is 2.45 bits per heavy atom. The molecule has 0 atom stereocenters. The van der Waals surface area contributed by atoms with Crippen molar-refractivity contribution < 1.29 is 9.59 Å². The van der Waals surface area contributed by atoms with Crippen molar-refractivity contribution in [3.63, 3.8) is 0 Å². The maximum atomic E-state index is 13.6. The van der Waals surface area contributed by atoms with Gasteiger partial charge in [0.25, 0.3) is 5.91 Å². The van der Waals surface area contributed by atoms with E-state index in [1.54, 1.807) is 13.1 Å². The van der Waals surface area contributed by atoms with Crippen LogP contribution in [0, 0.1) is 0 Å². The summed E-state index contributed by atoms with van der Waals surface area (Å²) in [7, 11) is 0. The lowest BCUT2D eigenvalue weighted by Crippen LogP contribution is -2.65. The molecule has 1 aliphatic heterocycles. The molecular formula is C23H30N4O2. The van der Waals surface area contributed by atoms with Crippen molar-refractivity contribution in [1.82, 2.24) is 19.6 Å². The fourth-order valence-corrected chi connectivity index (χ4v) is 5.13. The van der Waals surface area contributed by atoms with Crippen LogP contribution in [0.5, 0.6) is 0 Å². The first-order chi connectivity index (χ1) is 14.1. The number of rotatable bonds is 3. The molecule has 2 amide bonds. The lowest BCUT2D eigenvalue weighted by atomic mass is 9.78. The molecule has 154 valence electrons. The first-order valence-electron chi connectivity index (χ1n) is 10.7. The fraction of sp³-hybridized carbons (Fsp3) is 0.522. The standard InChI is InChI=1S/C23H30N4O2/c1-3-27-21(19-10-6-4-7-11-19)20(16-24-27)22(29)25-14-15-26(18(2)28)23(17-25)12-8-5-9-13-23/h4,6-7,10-11,16H,3,5,8-9,12-15,17H2,1-2H3. The van der Waals surface area contributed by atoms with Crippen LogP contribution < -0.4 is 0 Å². The predicted molar refractivity (Wildman–Crippen MR) is 112 cm³/mol. The number of amides is 2. The number of nitrogens with zero attached hydrogens (tertiary/aromatic N) is 4. The Bertz CT molecular complexity index is 884. The predicted octanol–water partition coefficient (Wildman–Crippen LogP) is 3.58. The zero-order valence-corrected chi connectivity index (χ0v) is 17.4. The second kappa shape index (κ2) is 8.01. The van der Waals surface area contributed by atoms with E-state index in [4.69, 9.17) is 0 Å². The van der Waals surface area contributed by atoms with Crippen molar-refractivity contribution in [2.24, 2.45) is 0 Å². The third-order valence-electron chi connectivity index (χ3n) is 6.52. The molecule has 4 rings (SSSR count). The molecule has 2 fully saturated rings. The fourth-order valence-electron chi connectivity index (χ4n) is 5.13. The number of carbonyl (C=O) groups is 2. The van der Waals surface area contributed by atoms with E-state index in [-0.39, 0.29) is 17.4 Å². The van der Waals surface area contributed by atoms with Gasteiger partial charge in [-0.1, -0.05) is 49.6 Å². The van der Waals surface area contributed by atoms with Crippen LogP contribution in [0.1, 0.15) is 56.3 Å².